The number of hydrogen-bond donors (Lipinski definition) is 1. The summed E-state index contributed by atoms with van der Waals surface area (Å²) in [7, 11) is 0. The highest BCUT2D eigenvalue weighted by molar-refractivity contribution is 6.30. The predicted molar refractivity (Wildman–Crippen MR) is 73.2 cm³/mol. The van der Waals surface area contributed by atoms with Crippen LogP contribution in [0, 0.1) is 0 Å². The van der Waals surface area contributed by atoms with Gasteiger partial charge in [0.2, 0.25) is 0 Å². The van der Waals surface area contributed by atoms with Crippen LogP contribution in [0.5, 0.6) is 0 Å². The first-order valence-electron chi connectivity index (χ1n) is 6.15. The summed E-state index contributed by atoms with van der Waals surface area (Å²) in [6.45, 7) is 2.30. The molecular weight excluding hydrogens is 250 g/mol. The van der Waals surface area contributed by atoms with Gasteiger partial charge in [0.15, 0.2) is 5.96 Å². The zero-order chi connectivity index (χ0) is 12.6. The molecule has 0 amide bonds. The quantitative estimate of drug-likeness (QED) is 0.845. The van der Waals surface area contributed by atoms with Crippen molar-refractivity contribution >= 4 is 23.2 Å². The van der Waals surface area contributed by atoms with E-state index in [9.17, 15) is 0 Å². The molecule has 96 valence electrons. The van der Waals surface area contributed by atoms with Crippen LogP contribution >= 0.6 is 11.6 Å². The molecule has 2 aliphatic heterocycles. The van der Waals surface area contributed by atoms with E-state index >= 15 is 0 Å². The Hall–Kier alpha value is -1.26. The monoisotopic (exact) mass is 265 g/mol. The smallest absolute Gasteiger partial charge is 0.196 e. The molecule has 1 aromatic rings. The number of ether oxygens (including phenoxy) is 1. The summed E-state index contributed by atoms with van der Waals surface area (Å²) in [5.41, 5.74) is 7.11. The van der Waals surface area contributed by atoms with Crippen molar-refractivity contribution in [3.63, 3.8) is 0 Å². The Balaban J connectivity index is 1.96. The lowest BCUT2D eigenvalue weighted by Gasteiger charge is -2.41. The van der Waals surface area contributed by atoms with Gasteiger partial charge >= 0.3 is 0 Å². The Kier molecular flexibility index (Phi) is 2.92. The summed E-state index contributed by atoms with van der Waals surface area (Å²) in [6, 6.07) is 7.76. The third-order valence-corrected chi connectivity index (χ3v) is 4.00. The molecule has 3 rings (SSSR count). The second-order valence-electron chi connectivity index (χ2n) is 4.82. The molecule has 0 radical (unpaired) electrons. The Labute approximate surface area is 111 Å². The van der Waals surface area contributed by atoms with E-state index in [0.717, 1.165) is 43.3 Å². The zero-order valence-corrected chi connectivity index (χ0v) is 10.9. The number of halogens is 1. The number of aliphatic imine (C=N–C) groups is 1. The van der Waals surface area contributed by atoms with E-state index in [4.69, 9.17) is 22.1 Å². The first kappa shape index (κ1) is 11.8. The van der Waals surface area contributed by atoms with Gasteiger partial charge in [0.1, 0.15) is 0 Å². The zero-order valence-electron chi connectivity index (χ0n) is 10.1. The van der Waals surface area contributed by atoms with Crippen molar-refractivity contribution in [3.05, 3.63) is 29.3 Å². The number of nitrogens with two attached hydrogens (primary N) is 1. The SMILES string of the molecule is NC1=NCC2(CCOCC2)N1c1ccc(Cl)cc1. The van der Waals surface area contributed by atoms with Crippen LogP contribution in [0.2, 0.25) is 5.02 Å². The number of guanidine groups is 1. The lowest BCUT2D eigenvalue weighted by atomic mass is 9.88. The molecule has 1 aromatic carbocycles. The minimum absolute atomic E-state index is 0.00381. The summed E-state index contributed by atoms with van der Waals surface area (Å²) >= 11 is 5.93. The van der Waals surface area contributed by atoms with E-state index in [1.807, 2.05) is 24.3 Å². The van der Waals surface area contributed by atoms with Gasteiger partial charge in [0, 0.05) is 23.9 Å². The van der Waals surface area contributed by atoms with Crippen LogP contribution < -0.4 is 10.6 Å². The van der Waals surface area contributed by atoms with Crippen LogP contribution in [0.3, 0.4) is 0 Å². The second-order valence-corrected chi connectivity index (χ2v) is 5.26. The highest BCUT2D eigenvalue weighted by Crippen LogP contribution is 2.36. The molecule has 1 fully saturated rings. The first-order chi connectivity index (χ1) is 8.71. The average molecular weight is 266 g/mol. The highest BCUT2D eigenvalue weighted by Gasteiger charge is 2.44. The fraction of sp³-hybridized carbons (Fsp3) is 0.462. The van der Waals surface area contributed by atoms with Crippen molar-refractivity contribution in [1.29, 1.82) is 0 Å². The average Bonchev–Trinajstić information content (AvgIpc) is 2.69. The number of hydrogen-bond acceptors (Lipinski definition) is 4. The van der Waals surface area contributed by atoms with E-state index in [0.29, 0.717) is 5.96 Å². The topological polar surface area (TPSA) is 50.9 Å². The van der Waals surface area contributed by atoms with Crippen molar-refractivity contribution in [2.75, 3.05) is 24.7 Å². The third kappa shape index (κ3) is 1.85. The van der Waals surface area contributed by atoms with Crippen molar-refractivity contribution in [2.24, 2.45) is 10.7 Å². The van der Waals surface area contributed by atoms with Crippen LogP contribution in [0.4, 0.5) is 5.69 Å². The van der Waals surface area contributed by atoms with Crippen LogP contribution in [-0.4, -0.2) is 31.3 Å². The maximum Gasteiger partial charge on any atom is 0.196 e. The second kappa shape index (κ2) is 4.44. The van der Waals surface area contributed by atoms with Gasteiger partial charge in [-0.15, -0.1) is 0 Å². The minimum atomic E-state index is -0.00381. The third-order valence-electron chi connectivity index (χ3n) is 3.75. The van der Waals surface area contributed by atoms with Gasteiger partial charge in [0.05, 0.1) is 12.1 Å². The molecule has 0 unspecified atom stereocenters. The van der Waals surface area contributed by atoms with Crippen molar-refractivity contribution in [2.45, 2.75) is 18.4 Å². The molecule has 4 nitrogen and oxygen atoms in total. The number of nitrogens with zero attached hydrogens (tertiary/aromatic N) is 2. The molecule has 1 spiro atoms. The highest BCUT2D eigenvalue weighted by atomic mass is 35.5. The lowest BCUT2D eigenvalue weighted by Crippen LogP contribution is -2.54. The standard InChI is InChI=1S/C13H16ClN3O/c14-10-1-3-11(4-2-10)17-12(15)16-9-13(17)5-7-18-8-6-13/h1-4H,5-9H2,(H2,15,16). The van der Waals surface area contributed by atoms with Crippen molar-refractivity contribution < 1.29 is 4.74 Å². The molecule has 0 aromatic heterocycles. The van der Waals surface area contributed by atoms with Crippen LogP contribution in [0.1, 0.15) is 12.8 Å². The van der Waals surface area contributed by atoms with Crippen LogP contribution in [0.15, 0.2) is 29.3 Å². The molecule has 18 heavy (non-hydrogen) atoms. The summed E-state index contributed by atoms with van der Waals surface area (Å²) in [4.78, 5) is 6.57. The lowest BCUT2D eigenvalue weighted by molar-refractivity contribution is 0.0594. The van der Waals surface area contributed by atoms with Gasteiger partial charge in [0.25, 0.3) is 0 Å². The summed E-state index contributed by atoms with van der Waals surface area (Å²) < 4.78 is 5.46. The number of anilines is 1. The van der Waals surface area contributed by atoms with E-state index in [1.165, 1.54) is 0 Å². The van der Waals surface area contributed by atoms with Gasteiger partial charge in [-0.05, 0) is 37.1 Å². The normalized spacial score (nSPS) is 22.3. The Morgan fingerprint density at radius 2 is 1.89 bits per heavy atom. The molecule has 0 aliphatic carbocycles. The minimum Gasteiger partial charge on any atom is -0.381 e. The van der Waals surface area contributed by atoms with Gasteiger partial charge in [-0.25, -0.2) is 0 Å². The summed E-state index contributed by atoms with van der Waals surface area (Å²) in [5.74, 6) is 0.597. The summed E-state index contributed by atoms with van der Waals surface area (Å²) in [6.07, 6.45) is 1.92. The fourth-order valence-electron chi connectivity index (χ4n) is 2.74. The molecule has 0 atom stereocenters. The molecule has 0 bridgehead atoms. The molecule has 2 N–H and O–H groups in total. The van der Waals surface area contributed by atoms with E-state index in [2.05, 4.69) is 9.89 Å². The van der Waals surface area contributed by atoms with Crippen molar-refractivity contribution in [1.82, 2.24) is 0 Å². The van der Waals surface area contributed by atoms with Gasteiger partial charge < -0.3 is 15.4 Å². The van der Waals surface area contributed by atoms with Gasteiger partial charge in [-0.1, -0.05) is 11.6 Å². The molecule has 0 saturated carbocycles. The predicted octanol–water partition coefficient (Wildman–Crippen LogP) is 2.02. The van der Waals surface area contributed by atoms with Gasteiger partial charge in [-0.2, -0.15) is 0 Å². The Morgan fingerprint density at radius 1 is 1.22 bits per heavy atom. The fourth-order valence-corrected chi connectivity index (χ4v) is 2.87. The van der Waals surface area contributed by atoms with Gasteiger partial charge in [-0.3, -0.25) is 4.99 Å². The van der Waals surface area contributed by atoms with Crippen LogP contribution in [0.25, 0.3) is 0 Å². The van der Waals surface area contributed by atoms with Crippen LogP contribution in [-0.2, 0) is 4.74 Å². The molecule has 2 aliphatic rings. The maximum atomic E-state index is 6.06. The summed E-state index contributed by atoms with van der Waals surface area (Å²) in [5, 5.41) is 0.731. The molecular formula is C13H16ClN3O. The van der Waals surface area contributed by atoms with E-state index < -0.39 is 0 Å². The van der Waals surface area contributed by atoms with E-state index in [-0.39, 0.29) is 5.54 Å². The van der Waals surface area contributed by atoms with Crippen molar-refractivity contribution in [3.8, 4) is 0 Å². The largest absolute Gasteiger partial charge is 0.381 e. The maximum absolute atomic E-state index is 6.06. The Bertz CT molecular complexity index is 466. The molecule has 2 heterocycles. The van der Waals surface area contributed by atoms with E-state index in [1.54, 1.807) is 0 Å². The number of rotatable bonds is 1. The first-order valence-corrected chi connectivity index (χ1v) is 6.53. The molecule has 1 saturated heterocycles. The number of benzene rings is 1. The Morgan fingerprint density at radius 3 is 2.56 bits per heavy atom. The molecule has 5 heteroatoms.